The molecule has 0 atom stereocenters. The molecular formula is C14H15NO3S. The van der Waals surface area contributed by atoms with Crippen molar-refractivity contribution in [2.24, 2.45) is 0 Å². The first-order valence-corrected chi connectivity index (χ1v) is 6.61. The number of methoxy groups -OCH3 is 1. The maximum Gasteiger partial charge on any atom is 0.319 e. The zero-order chi connectivity index (χ0) is 14.0. The van der Waals surface area contributed by atoms with Gasteiger partial charge in [-0.15, -0.1) is 0 Å². The number of rotatable bonds is 4. The molecule has 100 valence electrons. The van der Waals surface area contributed by atoms with Gasteiger partial charge in [-0.1, -0.05) is 17.8 Å². The van der Waals surface area contributed by atoms with Crippen LogP contribution in [0, 0.1) is 0 Å². The minimum atomic E-state index is -0.926. The standard InChI is InChI=1S/C14H15NO3S/c1-14(2,13(16)17)19-12-11-8-10(18-3)5-4-9(11)6-7-15-12/h4-8H,1-3H3,(H,16,17). The van der Waals surface area contributed by atoms with Crippen LogP contribution in [0.5, 0.6) is 5.75 Å². The number of aliphatic carboxylic acids is 1. The van der Waals surface area contributed by atoms with E-state index in [0.29, 0.717) is 5.03 Å². The second-order valence-electron chi connectivity index (χ2n) is 4.62. The van der Waals surface area contributed by atoms with E-state index in [2.05, 4.69) is 4.98 Å². The Balaban J connectivity index is 2.51. The molecule has 1 aromatic carbocycles. The number of carboxylic acid groups (broad SMARTS) is 1. The van der Waals surface area contributed by atoms with Gasteiger partial charge in [-0.3, -0.25) is 4.79 Å². The molecule has 1 N–H and O–H groups in total. The first-order valence-electron chi connectivity index (χ1n) is 5.79. The highest BCUT2D eigenvalue weighted by molar-refractivity contribution is 8.01. The number of nitrogens with zero attached hydrogens (tertiary/aromatic N) is 1. The smallest absolute Gasteiger partial charge is 0.319 e. The Morgan fingerprint density at radius 1 is 1.37 bits per heavy atom. The lowest BCUT2D eigenvalue weighted by molar-refractivity contribution is -0.138. The predicted octanol–water partition coefficient (Wildman–Crippen LogP) is 3.20. The normalized spacial score (nSPS) is 11.5. The van der Waals surface area contributed by atoms with Gasteiger partial charge in [-0.2, -0.15) is 0 Å². The lowest BCUT2D eigenvalue weighted by Crippen LogP contribution is -2.27. The molecule has 1 heterocycles. The highest BCUT2D eigenvalue weighted by Crippen LogP contribution is 2.36. The Labute approximate surface area is 115 Å². The molecule has 5 heteroatoms. The van der Waals surface area contributed by atoms with Crippen molar-refractivity contribution in [3.05, 3.63) is 30.5 Å². The summed E-state index contributed by atoms with van der Waals surface area (Å²) in [5.41, 5.74) is 0. The van der Waals surface area contributed by atoms with E-state index < -0.39 is 10.7 Å². The number of benzene rings is 1. The van der Waals surface area contributed by atoms with Crippen LogP contribution in [0.3, 0.4) is 0 Å². The second kappa shape index (κ2) is 5.09. The molecular weight excluding hydrogens is 262 g/mol. The van der Waals surface area contributed by atoms with Gasteiger partial charge in [0.1, 0.15) is 15.5 Å². The van der Waals surface area contributed by atoms with Crippen LogP contribution >= 0.6 is 11.8 Å². The Hall–Kier alpha value is -1.75. The number of ether oxygens (including phenoxy) is 1. The van der Waals surface area contributed by atoms with Gasteiger partial charge in [0.2, 0.25) is 0 Å². The third kappa shape index (κ3) is 2.81. The number of aromatic nitrogens is 1. The van der Waals surface area contributed by atoms with E-state index >= 15 is 0 Å². The highest BCUT2D eigenvalue weighted by atomic mass is 32.2. The Kier molecular flexibility index (Phi) is 3.66. The summed E-state index contributed by atoms with van der Waals surface area (Å²) in [5.74, 6) is -0.130. The average Bonchev–Trinajstić information content (AvgIpc) is 2.38. The fourth-order valence-electron chi connectivity index (χ4n) is 1.61. The Morgan fingerprint density at radius 2 is 2.11 bits per heavy atom. The third-order valence-electron chi connectivity index (χ3n) is 2.80. The van der Waals surface area contributed by atoms with Crippen LogP contribution in [0.4, 0.5) is 0 Å². The van der Waals surface area contributed by atoms with E-state index in [9.17, 15) is 9.90 Å². The van der Waals surface area contributed by atoms with Gasteiger partial charge < -0.3 is 9.84 Å². The van der Waals surface area contributed by atoms with E-state index in [4.69, 9.17) is 4.74 Å². The number of hydrogen-bond donors (Lipinski definition) is 1. The first kappa shape index (κ1) is 13.7. The summed E-state index contributed by atoms with van der Waals surface area (Å²) in [7, 11) is 1.60. The first-order chi connectivity index (χ1) is 8.94. The molecule has 0 aliphatic rings. The maximum absolute atomic E-state index is 11.2. The number of carboxylic acids is 1. The lowest BCUT2D eigenvalue weighted by Gasteiger charge is -2.18. The largest absolute Gasteiger partial charge is 0.497 e. The Bertz CT molecular complexity index is 625. The van der Waals surface area contributed by atoms with Crippen molar-refractivity contribution in [1.82, 2.24) is 4.98 Å². The number of fused-ring (bicyclic) bond motifs is 1. The van der Waals surface area contributed by atoms with E-state index in [1.54, 1.807) is 27.2 Å². The maximum atomic E-state index is 11.2. The molecule has 0 saturated carbocycles. The molecule has 0 bridgehead atoms. The van der Waals surface area contributed by atoms with Gasteiger partial charge in [0.25, 0.3) is 0 Å². The lowest BCUT2D eigenvalue weighted by atomic mass is 10.2. The van der Waals surface area contributed by atoms with Gasteiger partial charge in [0.05, 0.1) is 7.11 Å². The molecule has 2 rings (SSSR count). The van der Waals surface area contributed by atoms with Crippen molar-refractivity contribution >= 4 is 28.5 Å². The van der Waals surface area contributed by atoms with E-state index in [0.717, 1.165) is 16.5 Å². The van der Waals surface area contributed by atoms with Crippen molar-refractivity contribution < 1.29 is 14.6 Å². The minimum absolute atomic E-state index is 0.698. The molecule has 0 saturated heterocycles. The Morgan fingerprint density at radius 3 is 2.74 bits per heavy atom. The summed E-state index contributed by atoms with van der Waals surface area (Å²) in [6.45, 7) is 3.33. The fourth-order valence-corrected chi connectivity index (χ4v) is 2.59. The fraction of sp³-hybridized carbons (Fsp3) is 0.286. The van der Waals surface area contributed by atoms with Gasteiger partial charge in [-0.05, 0) is 37.4 Å². The summed E-state index contributed by atoms with van der Waals surface area (Å²) in [6.07, 6.45) is 1.69. The van der Waals surface area contributed by atoms with E-state index in [1.165, 1.54) is 11.8 Å². The van der Waals surface area contributed by atoms with Crippen LogP contribution in [0.15, 0.2) is 35.5 Å². The summed E-state index contributed by atoms with van der Waals surface area (Å²) in [6, 6.07) is 7.59. The zero-order valence-electron chi connectivity index (χ0n) is 11.0. The molecule has 4 nitrogen and oxygen atoms in total. The number of carbonyl (C=O) groups is 1. The van der Waals surface area contributed by atoms with Crippen molar-refractivity contribution in [3.8, 4) is 5.75 Å². The number of thioether (sulfide) groups is 1. The predicted molar refractivity (Wildman–Crippen MR) is 75.9 cm³/mol. The molecule has 0 aliphatic heterocycles. The molecule has 19 heavy (non-hydrogen) atoms. The molecule has 0 radical (unpaired) electrons. The molecule has 0 fully saturated rings. The molecule has 0 amide bonds. The minimum Gasteiger partial charge on any atom is -0.497 e. The summed E-state index contributed by atoms with van der Waals surface area (Å²) < 4.78 is 4.28. The molecule has 0 aliphatic carbocycles. The average molecular weight is 277 g/mol. The third-order valence-corrected chi connectivity index (χ3v) is 4.01. The molecule has 0 spiro atoms. The van der Waals surface area contributed by atoms with Gasteiger partial charge in [-0.25, -0.2) is 4.98 Å². The summed E-state index contributed by atoms with van der Waals surface area (Å²) >= 11 is 1.24. The van der Waals surface area contributed by atoms with Gasteiger partial charge in [0, 0.05) is 11.6 Å². The van der Waals surface area contributed by atoms with Crippen LogP contribution in [-0.2, 0) is 4.79 Å². The van der Waals surface area contributed by atoms with Crippen LogP contribution < -0.4 is 4.74 Å². The summed E-state index contributed by atoms with van der Waals surface area (Å²) in [4.78, 5) is 15.5. The van der Waals surface area contributed by atoms with Crippen molar-refractivity contribution in [3.63, 3.8) is 0 Å². The van der Waals surface area contributed by atoms with Crippen molar-refractivity contribution in [2.45, 2.75) is 23.6 Å². The molecule has 1 aromatic heterocycles. The van der Waals surface area contributed by atoms with Crippen LogP contribution in [-0.4, -0.2) is 27.9 Å². The topological polar surface area (TPSA) is 59.4 Å². The number of hydrogen-bond acceptors (Lipinski definition) is 4. The van der Waals surface area contributed by atoms with Crippen LogP contribution in [0.1, 0.15) is 13.8 Å². The van der Waals surface area contributed by atoms with Gasteiger partial charge in [0.15, 0.2) is 0 Å². The molecule has 2 aromatic rings. The van der Waals surface area contributed by atoms with Crippen LogP contribution in [0.25, 0.3) is 10.8 Å². The van der Waals surface area contributed by atoms with E-state index in [1.807, 2.05) is 24.3 Å². The van der Waals surface area contributed by atoms with Crippen molar-refractivity contribution in [2.75, 3.05) is 7.11 Å². The monoisotopic (exact) mass is 277 g/mol. The second-order valence-corrected chi connectivity index (χ2v) is 6.23. The number of pyridine rings is 1. The van der Waals surface area contributed by atoms with Crippen LogP contribution in [0.2, 0.25) is 0 Å². The summed E-state index contributed by atoms with van der Waals surface area (Å²) in [5, 5.41) is 11.8. The zero-order valence-corrected chi connectivity index (χ0v) is 11.8. The SMILES string of the molecule is COc1ccc2ccnc(SC(C)(C)C(=O)O)c2c1. The highest BCUT2D eigenvalue weighted by Gasteiger charge is 2.29. The molecule has 0 unspecified atom stereocenters. The van der Waals surface area contributed by atoms with Crippen molar-refractivity contribution in [1.29, 1.82) is 0 Å². The van der Waals surface area contributed by atoms with Gasteiger partial charge >= 0.3 is 5.97 Å². The quantitative estimate of drug-likeness (QED) is 0.870. The van der Waals surface area contributed by atoms with E-state index in [-0.39, 0.29) is 0 Å².